The van der Waals surface area contributed by atoms with E-state index in [0.29, 0.717) is 13.2 Å². The number of amides is 1. The minimum absolute atomic E-state index is 0.0704. The van der Waals surface area contributed by atoms with Crippen LogP contribution in [0.5, 0.6) is 5.75 Å². The molecule has 2 aromatic rings. The van der Waals surface area contributed by atoms with Crippen LogP contribution in [0.25, 0.3) is 0 Å². The molecule has 0 aliphatic carbocycles. The van der Waals surface area contributed by atoms with Gasteiger partial charge in [-0.15, -0.1) is 0 Å². The third-order valence-electron chi connectivity index (χ3n) is 5.18. The van der Waals surface area contributed by atoms with Crippen molar-refractivity contribution >= 4 is 6.09 Å². The van der Waals surface area contributed by atoms with Crippen LogP contribution in [0.2, 0.25) is 0 Å². The summed E-state index contributed by atoms with van der Waals surface area (Å²) < 4.78 is 10.9. The lowest BCUT2D eigenvalue weighted by Gasteiger charge is -2.07. The maximum atomic E-state index is 11.7. The first-order valence-electron chi connectivity index (χ1n) is 11.5. The Balaban J connectivity index is 1.31. The van der Waals surface area contributed by atoms with Crippen LogP contribution in [0.15, 0.2) is 54.6 Å². The van der Waals surface area contributed by atoms with E-state index in [2.05, 4.69) is 5.32 Å². The lowest BCUT2D eigenvalue weighted by molar-refractivity contribution is 0.139. The van der Waals surface area contributed by atoms with Gasteiger partial charge in [0.05, 0.1) is 13.2 Å². The van der Waals surface area contributed by atoms with Gasteiger partial charge in [-0.1, -0.05) is 87.4 Å². The third-order valence-corrected chi connectivity index (χ3v) is 5.18. The molecule has 0 spiro atoms. The maximum Gasteiger partial charge on any atom is 0.407 e. The summed E-state index contributed by atoms with van der Waals surface area (Å²) in [6.07, 6.45) is 10.3. The fourth-order valence-electron chi connectivity index (χ4n) is 3.31. The monoisotopic (exact) mass is 427 g/mol. The van der Waals surface area contributed by atoms with Gasteiger partial charge in [0.1, 0.15) is 12.4 Å². The number of ether oxygens (including phenoxy) is 2. The normalized spacial score (nSPS) is 10.6. The Morgan fingerprint density at radius 3 is 2.00 bits per heavy atom. The van der Waals surface area contributed by atoms with E-state index in [1.54, 1.807) is 0 Å². The number of unbranched alkanes of at least 4 members (excludes halogenated alkanes) is 8. The predicted octanol–water partition coefficient (Wildman–Crippen LogP) is 6.00. The number of rotatable bonds is 16. The topological polar surface area (TPSA) is 67.8 Å². The first-order chi connectivity index (χ1) is 15.3. The second-order valence-electron chi connectivity index (χ2n) is 7.82. The number of hydrogen-bond acceptors (Lipinski definition) is 4. The van der Waals surface area contributed by atoms with Crippen LogP contribution < -0.4 is 10.1 Å². The first-order valence-corrected chi connectivity index (χ1v) is 11.5. The number of nitrogens with one attached hydrogen (secondary N) is 1. The van der Waals surface area contributed by atoms with Gasteiger partial charge in [-0.05, 0) is 36.1 Å². The van der Waals surface area contributed by atoms with Gasteiger partial charge in [0.2, 0.25) is 0 Å². The quantitative estimate of drug-likeness (QED) is 0.323. The van der Waals surface area contributed by atoms with E-state index in [0.717, 1.165) is 42.7 Å². The molecule has 2 aromatic carbocycles. The van der Waals surface area contributed by atoms with Gasteiger partial charge in [0, 0.05) is 6.54 Å². The van der Waals surface area contributed by atoms with Gasteiger partial charge < -0.3 is 19.9 Å². The molecule has 5 nitrogen and oxygen atoms in total. The molecular formula is C26H37NO4. The van der Waals surface area contributed by atoms with Crippen molar-refractivity contribution in [2.75, 3.05) is 13.2 Å². The number of alkyl carbamates (subject to hydrolysis) is 1. The molecule has 0 unspecified atom stereocenters. The molecule has 0 fully saturated rings. The molecule has 0 heterocycles. The summed E-state index contributed by atoms with van der Waals surface area (Å²) in [6, 6.07) is 17.3. The highest BCUT2D eigenvalue weighted by Crippen LogP contribution is 2.14. The van der Waals surface area contributed by atoms with Crippen LogP contribution in [-0.4, -0.2) is 24.4 Å². The first kappa shape index (κ1) is 24.7. The number of carbonyl (C=O) groups excluding carboxylic acids is 1. The molecule has 2 rings (SSSR count). The number of benzene rings is 2. The minimum atomic E-state index is -0.338. The van der Waals surface area contributed by atoms with E-state index in [4.69, 9.17) is 14.6 Å². The molecule has 0 radical (unpaired) electrons. The second kappa shape index (κ2) is 16.2. The SMILES string of the molecule is O=C(NCCCCCCCCCCCOc1ccc(CO)cc1)OCc1ccccc1. The molecule has 2 N–H and O–H groups in total. The van der Waals surface area contributed by atoms with E-state index in [1.807, 2.05) is 54.6 Å². The van der Waals surface area contributed by atoms with Crippen molar-refractivity contribution in [1.29, 1.82) is 0 Å². The fourth-order valence-corrected chi connectivity index (χ4v) is 3.31. The lowest BCUT2D eigenvalue weighted by Crippen LogP contribution is -2.25. The molecule has 0 aromatic heterocycles. The molecular weight excluding hydrogens is 390 g/mol. The van der Waals surface area contributed by atoms with E-state index in [1.165, 1.54) is 38.5 Å². The van der Waals surface area contributed by atoms with Crippen LogP contribution >= 0.6 is 0 Å². The number of aliphatic hydroxyl groups excluding tert-OH is 1. The lowest BCUT2D eigenvalue weighted by atomic mass is 10.1. The van der Waals surface area contributed by atoms with Crippen molar-refractivity contribution < 1.29 is 19.4 Å². The van der Waals surface area contributed by atoms with Gasteiger partial charge >= 0.3 is 6.09 Å². The molecule has 1 amide bonds. The molecule has 0 saturated carbocycles. The summed E-state index contributed by atoms with van der Waals surface area (Å²) in [6.45, 7) is 1.81. The standard InChI is InChI=1S/C26H37NO4/c28-21-23-15-17-25(18-16-23)30-20-12-7-5-3-1-2-4-6-11-19-27-26(29)31-22-24-13-9-8-10-14-24/h8-10,13-18,28H,1-7,11-12,19-22H2,(H,27,29). The van der Waals surface area contributed by atoms with Gasteiger partial charge in [-0.2, -0.15) is 0 Å². The molecule has 0 atom stereocenters. The maximum absolute atomic E-state index is 11.7. The zero-order valence-electron chi connectivity index (χ0n) is 18.6. The Hall–Kier alpha value is -2.53. The number of aliphatic hydroxyl groups is 1. The Bertz CT molecular complexity index is 703. The predicted molar refractivity (Wildman–Crippen MR) is 124 cm³/mol. The summed E-state index contributed by atoms with van der Waals surface area (Å²) in [4.78, 5) is 11.7. The summed E-state index contributed by atoms with van der Waals surface area (Å²) >= 11 is 0. The minimum Gasteiger partial charge on any atom is -0.494 e. The molecule has 0 aliphatic rings. The summed E-state index contributed by atoms with van der Waals surface area (Å²) in [5.41, 5.74) is 1.91. The Kier molecular flexibility index (Phi) is 12.9. The van der Waals surface area contributed by atoms with Gasteiger partial charge in [0.15, 0.2) is 0 Å². The highest BCUT2D eigenvalue weighted by Gasteiger charge is 2.01. The summed E-state index contributed by atoms with van der Waals surface area (Å²) in [7, 11) is 0. The number of hydrogen-bond donors (Lipinski definition) is 2. The molecule has 0 bridgehead atoms. The van der Waals surface area contributed by atoms with E-state index in [9.17, 15) is 4.79 Å². The average Bonchev–Trinajstić information content (AvgIpc) is 2.81. The molecule has 0 aliphatic heterocycles. The smallest absolute Gasteiger partial charge is 0.407 e. The van der Waals surface area contributed by atoms with Gasteiger partial charge in [-0.3, -0.25) is 0 Å². The number of carbonyl (C=O) groups is 1. The van der Waals surface area contributed by atoms with Crippen molar-refractivity contribution in [2.45, 2.75) is 71.0 Å². The zero-order valence-corrected chi connectivity index (χ0v) is 18.6. The van der Waals surface area contributed by atoms with Crippen molar-refractivity contribution in [3.63, 3.8) is 0 Å². The third kappa shape index (κ3) is 12.0. The fraction of sp³-hybridized carbons (Fsp3) is 0.500. The van der Waals surface area contributed by atoms with Crippen LogP contribution in [0.1, 0.15) is 68.9 Å². The molecule has 5 heteroatoms. The zero-order chi connectivity index (χ0) is 22.0. The van der Waals surface area contributed by atoms with E-state index >= 15 is 0 Å². The van der Waals surface area contributed by atoms with Crippen LogP contribution in [0, 0.1) is 0 Å². The van der Waals surface area contributed by atoms with Crippen LogP contribution in [-0.2, 0) is 18.0 Å². The van der Waals surface area contributed by atoms with Crippen molar-refractivity contribution in [1.82, 2.24) is 5.32 Å². The molecule has 31 heavy (non-hydrogen) atoms. The molecule has 170 valence electrons. The van der Waals surface area contributed by atoms with Gasteiger partial charge in [-0.25, -0.2) is 4.79 Å². The second-order valence-corrected chi connectivity index (χ2v) is 7.82. The highest BCUT2D eigenvalue weighted by atomic mass is 16.5. The van der Waals surface area contributed by atoms with Gasteiger partial charge in [0.25, 0.3) is 0 Å². The van der Waals surface area contributed by atoms with Crippen molar-refractivity contribution in [3.05, 3.63) is 65.7 Å². The van der Waals surface area contributed by atoms with E-state index in [-0.39, 0.29) is 12.7 Å². The van der Waals surface area contributed by atoms with Crippen molar-refractivity contribution in [2.24, 2.45) is 0 Å². The summed E-state index contributed by atoms with van der Waals surface area (Å²) in [5.74, 6) is 0.871. The van der Waals surface area contributed by atoms with Crippen LogP contribution in [0.3, 0.4) is 0 Å². The Morgan fingerprint density at radius 1 is 0.742 bits per heavy atom. The Labute approximate surface area is 186 Å². The summed E-state index contributed by atoms with van der Waals surface area (Å²) in [5, 5.41) is 11.8. The largest absolute Gasteiger partial charge is 0.494 e. The highest BCUT2D eigenvalue weighted by molar-refractivity contribution is 5.67. The van der Waals surface area contributed by atoms with Crippen LogP contribution in [0.4, 0.5) is 4.79 Å². The van der Waals surface area contributed by atoms with E-state index < -0.39 is 0 Å². The molecule has 0 saturated heterocycles. The average molecular weight is 428 g/mol. The Morgan fingerprint density at radius 2 is 1.35 bits per heavy atom. The van der Waals surface area contributed by atoms with Crippen molar-refractivity contribution in [3.8, 4) is 5.75 Å².